The number of amidine groups is 1. The normalized spacial score (nSPS) is 11.4. The second kappa shape index (κ2) is 8.24. The molecule has 0 amide bonds. The number of ether oxygens (including phenoxy) is 2. The van der Waals surface area contributed by atoms with Gasteiger partial charge in [0, 0.05) is 6.07 Å². The first kappa shape index (κ1) is 15.1. The van der Waals surface area contributed by atoms with E-state index in [1.165, 1.54) is 12.8 Å². The third kappa shape index (κ3) is 4.69. The number of hydrogen-bond donors (Lipinski definition) is 2. The number of nitrogens with zero attached hydrogens (tertiary/aromatic N) is 1. The maximum Gasteiger partial charge on any atom is 0.173 e. The van der Waals surface area contributed by atoms with Gasteiger partial charge in [0.05, 0.1) is 19.3 Å². The predicted molar refractivity (Wildman–Crippen MR) is 75.1 cm³/mol. The molecule has 0 aromatic heterocycles. The predicted octanol–water partition coefficient (Wildman–Crippen LogP) is 2.75. The lowest BCUT2D eigenvalue weighted by Crippen LogP contribution is -2.15. The second-order valence-corrected chi connectivity index (χ2v) is 4.26. The van der Waals surface area contributed by atoms with E-state index in [0.29, 0.717) is 23.7 Å². The van der Waals surface area contributed by atoms with Crippen LogP contribution in [0.3, 0.4) is 0 Å². The maximum atomic E-state index is 8.76. The fourth-order valence-electron chi connectivity index (χ4n) is 1.73. The van der Waals surface area contributed by atoms with E-state index in [2.05, 4.69) is 12.1 Å². The van der Waals surface area contributed by atoms with Gasteiger partial charge in [0.25, 0.3) is 0 Å². The highest BCUT2D eigenvalue weighted by Gasteiger charge is 2.10. The Bertz CT molecular complexity index is 419. The summed E-state index contributed by atoms with van der Waals surface area (Å²) in [5.74, 6) is 1.29. The van der Waals surface area contributed by atoms with Gasteiger partial charge in [-0.15, -0.1) is 0 Å². The van der Waals surface area contributed by atoms with Crippen LogP contribution in [0.4, 0.5) is 0 Å². The summed E-state index contributed by atoms with van der Waals surface area (Å²) >= 11 is 0. The monoisotopic (exact) mass is 266 g/mol. The standard InChI is InChI=1S/C14H22N2O3/c1-3-4-5-6-9-19-13-10-11(18-2)7-8-12(13)14(15)16-17/h7-8,10,17H,3-6,9H2,1-2H3,(H2,15,16). The molecule has 5 heteroatoms. The van der Waals surface area contributed by atoms with Gasteiger partial charge in [0.1, 0.15) is 11.5 Å². The molecule has 1 aromatic carbocycles. The highest BCUT2D eigenvalue weighted by atomic mass is 16.5. The molecule has 0 radical (unpaired) electrons. The number of rotatable bonds is 8. The van der Waals surface area contributed by atoms with Gasteiger partial charge in [-0.2, -0.15) is 0 Å². The van der Waals surface area contributed by atoms with Crippen LogP contribution in [-0.4, -0.2) is 24.8 Å². The lowest BCUT2D eigenvalue weighted by atomic mass is 10.1. The van der Waals surface area contributed by atoms with Crippen LogP contribution in [0.15, 0.2) is 23.4 Å². The fourth-order valence-corrected chi connectivity index (χ4v) is 1.73. The molecule has 0 bridgehead atoms. The van der Waals surface area contributed by atoms with Crippen LogP contribution in [0.25, 0.3) is 0 Å². The van der Waals surface area contributed by atoms with E-state index >= 15 is 0 Å². The number of hydrogen-bond acceptors (Lipinski definition) is 4. The molecular formula is C14H22N2O3. The minimum Gasteiger partial charge on any atom is -0.497 e. The molecule has 0 atom stereocenters. The third-order valence-corrected chi connectivity index (χ3v) is 2.83. The van der Waals surface area contributed by atoms with Crippen molar-refractivity contribution in [2.45, 2.75) is 32.6 Å². The van der Waals surface area contributed by atoms with Crippen LogP contribution in [0.1, 0.15) is 38.2 Å². The molecule has 0 saturated carbocycles. The molecule has 0 aliphatic carbocycles. The second-order valence-electron chi connectivity index (χ2n) is 4.26. The van der Waals surface area contributed by atoms with E-state index < -0.39 is 0 Å². The zero-order chi connectivity index (χ0) is 14.1. The number of unbranched alkanes of at least 4 members (excludes halogenated alkanes) is 3. The van der Waals surface area contributed by atoms with E-state index in [4.69, 9.17) is 20.4 Å². The Hall–Kier alpha value is -1.91. The Kier molecular flexibility index (Phi) is 6.57. The van der Waals surface area contributed by atoms with E-state index in [-0.39, 0.29) is 5.84 Å². The molecule has 0 saturated heterocycles. The molecule has 0 aliphatic heterocycles. The highest BCUT2D eigenvalue weighted by molar-refractivity contribution is 5.99. The number of benzene rings is 1. The average molecular weight is 266 g/mol. The molecule has 0 spiro atoms. The van der Waals surface area contributed by atoms with Gasteiger partial charge in [-0.3, -0.25) is 0 Å². The summed E-state index contributed by atoms with van der Waals surface area (Å²) in [4.78, 5) is 0. The summed E-state index contributed by atoms with van der Waals surface area (Å²) in [6.45, 7) is 2.78. The molecule has 0 aliphatic rings. The molecule has 0 heterocycles. The van der Waals surface area contributed by atoms with Gasteiger partial charge in [-0.25, -0.2) is 0 Å². The Labute approximate surface area is 114 Å². The smallest absolute Gasteiger partial charge is 0.173 e. The van der Waals surface area contributed by atoms with Crippen LogP contribution < -0.4 is 15.2 Å². The third-order valence-electron chi connectivity index (χ3n) is 2.83. The van der Waals surface area contributed by atoms with Gasteiger partial charge in [-0.05, 0) is 18.6 Å². The molecule has 1 aromatic rings. The van der Waals surface area contributed by atoms with Crippen LogP contribution in [0.5, 0.6) is 11.5 Å². The van der Waals surface area contributed by atoms with E-state index in [9.17, 15) is 0 Å². The van der Waals surface area contributed by atoms with Gasteiger partial charge < -0.3 is 20.4 Å². The molecule has 19 heavy (non-hydrogen) atoms. The zero-order valence-corrected chi connectivity index (χ0v) is 11.6. The minimum absolute atomic E-state index is 0.0335. The van der Waals surface area contributed by atoms with Crippen molar-refractivity contribution >= 4 is 5.84 Å². The SMILES string of the molecule is CCCCCCOc1cc(OC)ccc1/C(N)=N/O. The highest BCUT2D eigenvalue weighted by Crippen LogP contribution is 2.25. The zero-order valence-electron chi connectivity index (χ0n) is 11.6. The van der Waals surface area contributed by atoms with Crippen LogP contribution >= 0.6 is 0 Å². The van der Waals surface area contributed by atoms with Crippen molar-refractivity contribution in [3.8, 4) is 11.5 Å². The Morgan fingerprint density at radius 1 is 1.32 bits per heavy atom. The quantitative estimate of drug-likeness (QED) is 0.249. The molecule has 5 nitrogen and oxygen atoms in total. The van der Waals surface area contributed by atoms with Crippen LogP contribution in [-0.2, 0) is 0 Å². The lowest BCUT2D eigenvalue weighted by Gasteiger charge is -2.12. The summed E-state index contributed by atoms with van der Waals surface area (Å²) in [6, 6.07) is 5.21. The first-order valence-electron chi connectivity index (χ1n) is 6.51. The van der Waals surface area contributed by atoms with Gasteiger partial charge in [0.15, 0.2) is 5.84 Å². The summed E-state index contributed by atoms with van der Waals surface area (Å²) in [5.41, 5.74) is 6.19. The molecule has 106 valence electrons. The fraction of sp³-hybridized carbons (Fsp3) is 0.500. The van der Waals surface area contributed by atoms with Crippen molar-refractivity contribution in [1.82, 2.24) is 0 Å². The Morgan fingerprint density at radius 2 is 2.11 bits per heavy atom. The number of oxime groups is 1. The van der Waals surface area contributed by atoms with Crippen molar-refractivity contribution in [2.75, 3.05) is 13.7 Å². The Balaban J connectivity index is 2.72. The van der Waals surface area contributed by atoms with Gasteiger partial charge in [0.2, 0.25) is 0 Å². The lowest BCUT2D eigenvalue weighted by molar-refractivity contribution is 0.300. The minimum atomic E-state index is 0.0335. The molecule has 0 unspecified atom stereocenters. The van der Waals surface area contributed by atoms with Crippen molar-refractivity contribution in [2.24, 2.45) is 10.9 Å². The first-order chi connectivity index (χ1) is 9.22. The number of nitrogens with two attached hydrogens (primary N) is 1. The summed E-state index contributed by atoms with van der Waals surface area (Å²) in [7, 11) is 1.59. The van der Waals surface area contributed by atoms with Crippen molar-refractivity contribution in [1.29, 1.82) is 0 Å². The summed E-state index contributed by atoms with van der Waals surface area (Å²) in [6.07, 6.45) is 4.52. The van der Waals surface area contributed by atoms with Crippen LogP contribution in [0.2, 0.25) is 0 Å². The topological polar surface area (TPSA) is 77.1 Å². The molecular weight excluding hydrogens is 244 g/mol. The first-order valence-corrected chi connectivity index (χ1v) is 6.51. The van der Waals surface area contributed by atoms with Crippen molar-refractivity contribution in [3.63, 3.8) is 0 Å². The molecule has 3 N–H and O–H groups in total. The summed E-state index contributed by atoms with van der Waals surface area (Å²) in [5, 5.41) is 11.8. The largest absolute Gasteiger partial charge is 0.497 e. The number of methoxy groups -OCH3 is 1. The van der Waals surface area contributed by atoms with Crippen molar-refractivity contribution < 1.29 is 14.7 Å². The average Bonchev–Trinajstić information content (AvgIpc) is 2.46. The van der Waals surface area contributed by atoms with Crippen LogP contribution in [0, 0.1) is 0 Å². The molecule has 0 fully saturated rings. The molecule has 1 rings (SSSR count). The van der Waals surface area contributed by atoms with E-state index in [0.717, 1.165) is 12.8 Å². The Morgan fingerprint density at radius 3 is 2.74 bits per heavy atom. The van der Waals surface area contributed by atoms with Crippen molar-refractivity contribution in [3.05, 3.63) is 23.8 Å². The summed E-state index contributed by atoms with van der Waals surface area (Å²) < 4.78 is 10.8. The van der Waals surface area contributed by atoms with Gasteiger partial charge in [-0.1, -0.05) is 31.3 Å². The van der Waals surface area contributed by atoms with E-state index in [1.807, 2.05) is 0 Å². The van der Waals surface area contributed by atoms with E-state index in [1.54, 1.807) is 25.3 Å². The van der Waals surface area contributed by atoms with Gasteiger partial charge >= 0.3 is 0 Å². The maximum absolute atomic E-state index is 8.76.